The van der Waals surface area contributed by atoms with Gasteiger partial charge in [0.25, 0.3) is 0 Å². The molecule has 1 atom stereocenters. The van der Waals surface area contributed by atoms with Gasteiger partial charge in [-0.15, -0.1) is 0 Å². The van der Waals surface area contributed by atoms with Crippen molar-refractivity contribution in [1.82, 2.24) is 4.57 Å². The Morgan fingerprint density at radius 3 is 2.52 bits per heavy atom. The molecule has 1 aliphatic rings. The van der Waals surface area contributed by atoms with E-state index in [4.69, 9.17) is 5.73 Å². The Kier molecular flexibility index (Phi) is 5.77. The van der Waals surface area contributed by atoms with Crippen LogP contribution in [-0.2, 0) is 6.54 Å². The standard InChI is InChI=1S/C17H20N4.C2H6/c1-13(19-2)21-16-10-11-20(15(16)8-9-17(21)18)12-14-6-4-3-5-7-14;1-2/h3-11,17H,12,18H2,1-2H3;1-2H3. The first-order chi connectivity index (χ1) is 11.2. The summed E-state index contributed by atoms with van der Waals surface area (Å²) >= 11 is 0. The number of rotatable bonds is 2. The van der Waals surface area contributed by atoms with Gasteiger partial charge in [0, 0.05) is 19.8 Å². The number of nitrogens with zero attached hydrogens (tertiary/aromatic N) is 3. The average Bonchev–Trinajstić information content (AvgIpc) is 2.99. The van der Waals surface area contributed by atoms with Crippen molar-refractivity contribution in [3.05, 3.63) is 59.9 Å². The van der Waals surface area contributed by atoms with Crippen LogP contribution in [0.15, 0.2) is 53.7 Å². The zero-order valence-corrected chi connectivity index (χ0v) is 14.4. The van der Waals surface area contributed by atoms with Gasteiger partial charge in [-0.3, -0.25) is 4.99 Å². The Morgan fingerprint density at radius 1 is 1.17 bits per heavy atom. The molecule has 2 N–H and O–H groups in total. The summed E-state index contributed by atoms with van der Waals surface area (Å²) in [6, 6.07) is 12.6. The highest BCUT2D eigenvalue weighted by molar-refractivity contribution is 5.99. The largest absolute Gasteiger partial charge is 0.342 e. The van der Waals surface area contributed by atoms with Crippen LogP contribution in [0.3, 0.4) is 0 Å². The molecule has 2 aromatic rings. The van der Waals surface area contributed by atoms with E-state index >= 15 is 0 Å². The lowest BCUT2D eigenvalue weighted by atomic mass is 10.1. The summed E-state index contributed by atoms with van der Waals surface area (Å²) in [5.41, 5.74) is 9.75. The van der Waals surface area contributed by atoms with Crippen LogP contribution < -0.4 is 10.6 Å². The molecule has 0 fully saturated rings. The van der Waals surface area contributed by atoms with E-state index in [1.54, 1.807) is 7.05 Å². The van der Waals surface area contributed by atoms with Crippen LogP contribution in [0.25, 0.3) is 6.08 Å². The lowest BCUT2D eigenvalue weighted by molar-refractivity contribution is 0.779. The normalized spacial score (nSPS) is 16.7. The molecule has 0 radical (unpaired) electrons. The number of anilines is 1. The molecule has 0 amide bonds. The van der Waals surface area contributed by atoms with Gasteiger partial charge in [-0.25, -0.2) is 0 Å². The number of aliphatic imine (C=N–C) groups is 1. The Labute approximate surface area is 138 Å². The molecule has 3 rings (SSSR count). The number of nitrogens with two attached hydrogens (primary N) is 1. The Balaban J connectivity index is 0.000000924. The van der Waals surface area contributed by atoms with Gasteiger partial charge in [-0.1, -0.05) is 44.2 Å². The monoisotopic (exact) mass is 310 g/mol. The molecule has 23 heavy (non-hydrogen) atoms. The number of hydrogen-bond donors (Lipinski definition) is 1. The summed E-state index contributed by atoms with van der Waals surface area (Å²) in [4.78, 5) is 6.34. The van der Waals surface area contributed by atoms with Crippen molar-refractivity contribution in [2.75, 3.05) is 11.9 Å². The molecular weight excluding hydrogens is 284 g/mol. The Morgan fingerprint density at radius 2 is 1.87 bits per heavy atom. The molecule has 4 nitrogen and oxygen atoms in total. The van der Waals surface area contributed by atoms with Gasteiger partial charge >= 0.3 is 0 Å². The van der Waals surface area contributed by atoms with Crippen molar-refractivity contribution >= 4 is 17.6 Å². The fourth-order valence-electron chi connectivity index (χ4n) is 2.71. The topological polar surface area (TPSA) is 46.5 Å². The molecule has 0 bridgehead atoms. The third-order valence-electron chi connectivity index (χ3n) is 3.86. The summed E-state index contributed by atoms with van der Waals surface area (Å²) in [6.45, 7) is 6.84. The zero-order chi connectivity index (χ0) is 16.8. The number of benzene rings is 1. The number of amidine groups is 1. The predicted molar refractivity (Wildman–Crippen MR) is 99.8 cm³/mol. The van der Waals surface area contributed by atoms with Crippen LogP contribution in [0.1, 0.15) is 32.0 Å². The van der Waals surface area contributed by atoms with Gasteiger partial charge in [0.05, 0.1) is 11.4 Å². The maximum absolute atomic E-state index is 6.18. The first-order valence-electron chi connectivity index (χ1n) is 8.10. The zero-order valence-electron chi connectivity index (χ0n) is 14.4. The van der Waals surface area contributed by atoms with Crippen LogP contribution in [-0.4, -0.2) is 23.6 Å². The number of hydrogen-bond acceptors (Lipinski definition) is 2. The fraction of sp³-hybridized carbons (Fsp3) is 0.316. The van der Waals surface area contributed by atoms with E-state index in [0.717, 1.165) is 18.1 Å². The predicted octanol–water partition coefficient (Wildman–Crippen LogP) is 3.73. The first-order valence-corrected chi connectivity index (χ1v) is 8.10. The van der Waals surface area contributed by atoms with E-state index in [0.29, 0.717) is 0 Å². The molecule has 1 aromatic carbocycles. The van der Waals surface area contributed by atoms with Crippen LogP contribution in [0, 0.1) is 0 Å². The fourth-order valence-corrected chi connectivity index (χ4v) is 2.71. The molecule has 2 heterocycles. The molecule has 0 aliphatic carbocycles. The van der Waals surface area contributed by atoms with E-state index in [-0.39, 0.29) is 6.17 Å². The van der Waals surface area contributed by atoms with E-state index in [1.165, 1.54) is 11.3 Å². The van der Waals surface area contributed by atoms with Crippen molar-refractivity contribution in [2.24, 2.45) is 10.7 Å². The van der Waals surface area contributed by atoms with Crippen molar-refractivity contribution < 1.29 is 0 Å². The highest BCUT2D eigenvalue weighted by atomic mass is 15.3. The highest BCUT2D eigenvalue weighted by Gasteiger charge is 2.23. The smallest absolute Gasteiger partial charge is 0.103 e. The minimum Gasteiger partial charge on any atom is -0.342 e. The third kappa shape index (κ3) is 3.54. The summed E-state index contributed by atoms with van der Waals surface area (Å²) in [7, 11) is 1.79. The lowest BCUT2D eigenvalue weighted by Gasteiger charge is -2.31. The van der Waals surface area contributed by atoms with E-state index in [2.05, 4.69) is 57.1 Å². The second-order valence-corrected chi connectivity index (χ2v) is 5.19. The molecular formula is C19H26N4. The first kappa shape index (κ1) is 17.0. The van der Waals surface area contributed by atoms with Gasteiger partial charge < -0.3 is 15.2 Å². The van der Waals surface area contributed by atoms with Gasteiger partial charge in [0.1, 0.15) is 12.0 Å². The molecule has 4 heteroatoms. The Bertz CT molecular complexity index is 683. The number of fused-ring (bicyclic) bond motifs is 1. The summed E-state index contributed by atoms with van der Waals surface area (Å²) in [5.74, 6) is 0.922. The van der Waals surface area contributed by atoms with Crippen molar-refractivity contribution in [3.8, 4) is 0 Å². The molecule has 0 saturated carbocycles. The molecule has 1 aromatic heterocycles. The van der Waals surface area contributed by atoms with Gasteiger partial charge in [-0.2, -0.15) is 0 Å². The van der Waals surface area contributed by atoms with Crippen LogP contribution in [0.5, 0.6) is 0 Å². The van der Waals surface area contributed by atoms with Crippen molar-refractivity contribution in [3.63, 3.8) is 0 Å². The van der Waals surface area contributed by atoms with E-state index in [9.17, 15) is 0 Å². The second-order valence-electron chi connectivity index (χ2n) is 5.19. The lowest BCUT2D eigenvalue weighted by Crippen LogP contribution is -2.45. The molecule has 1 unspecified atom stereocenters. The molecule has 122 valence electrons. The van der Waals surface area contributed by atoms with Gasteiger partial charge in [0.15, 0.2) is 0 Å². The maximum Gasteiger partial charge on any atom is 0.103 e. The molecule has 0 spiro atoms. The van der Waals surface area contributed by atoms with Crippen molar-refractivity contribution in [2.45, 2.75) is 33.5 Å². The van der Waals surface area contributed by atoms with Crippen LogP contribution >= 0.6 is 0 Å². The summed E-state index contributed by atoms with van der Waals surface area (Å²) < 4.78 is 2.24. The minimum absolute atomic E-state index is 0.159. The third-order valence-corrected chi connectivity index (χ3v) is 3.86. The Hall–Kier alpha value is -2.33. The average molecular weight is 310 g/mol. The number of aromatic nitrogens is 1. The van der Waals surface area contributed by atoms with Crippen LogP contribution in [0.4, 0.5) is 5.69 Å². The molecule has 1 aliphatic heterocycles. The summed E-state index contributed by atoms with van der Waals surface area (Å²) in [5, 5.41) is 0. The van der Waals surface area contributed by atoms with E-state index in [1.807, 2.05) is 32.9 Å². The quantitative estimate of drug-likeness (QED) is 0.678. The second kappa shape index (κ2) is 7.79. The van der Waals surface area contributed by atoms with Gasteiger partial charge in [0.2, 0.25) is 0 Å². The highest BCUT2D eigenvalue weighted by Crippen LogP contribution is 2.29. The SMILES string of the molecule is CC.CN=C(C)N1c2ccn(Cc3ccccc3)c2C=CC1N. The van der Waals surface area contributed by atoms with Gasteiger partial charge in [-0.05, 0) is 30.7 Å². The molecule has 0 saturated heterocycles. The minimum atomic E-state index is -0.159. The van der Waals surface area contributed by atoms with Crippen molar-refractivity contribution in [1.29, 1.82) is 0 Å². The summed E-state index contributed by atoms with van der Waals surface area (Å²) in [6.07, 6.45) is 6.06. The van der Waals surface area contributed by atoms with E-state index < -0.39 is 0 Å². The maximum atomic E-state index is 6.18. The van der Waals surface area contributed by atoms with Crippen LogP contribution in [0.2, 0.25) is 0 Å².